The van der Waals surface area contributed by atoms with E-state index < -0.39 is 8.90 Å². The second-order valence-electron chi connectivity index (χ2n) is 1.05. The Labute approximate surface area is 40.3 Å². The molecule has 5 heteroatoms. The van der Waals surface area contributed by atoms with Crippen molar-refractivity contribution in [2.24, 2.45) is 4.66 Å². The molecule has 0 aromatic heterocycles. The Morgan fingerprint density at radius 3 is 2.14 bits per heavy atom. The van der Waals surface area contributed by atoms with Gasteiger partial charge in [-0.3, -0.25) is 0 Å². The summed E-state index contributed by atoms with van der Waals surface area (Å²) in [5, 5.41) is 0. The van der Waals surface area contributed by atoms with Crippen molar-refractivity contribution >= 4 is 15.0 Å². The number of rotatable bonds is 1. The lowest BCUT2D eigenvalue weighted by Gasteiger charge is -1.88. The summed E-state index contributed by atoms with van der Waals surface area (Å²) in [4.78, 5) is 9.08. The summed E-state index contributed by atoms with van der Waals surface area (Å²) in [5.41, 5.74) is 0. The zero-order valence-electron chi connectivity index (χ0n) is 3.61. The van der Waals surface area contributed by atoms with E-state index in [1.54, 1.807) is 0 Å². The molecule has 0 N–H and O–H groups in total. The Kier molecular flexibility index (Phi) is 1.80. The molecule has 2 nitrogen and oxygen atoms in total. The fourth-order valence-corrected chi connectivity index (χ4v) is 0.240. The highest BCUT2D eigenvalue weighted by Gasteiger charge is 2.27. The highest BCUT2D eigenvalue weighted by molar-refractivity contribution is 6.63. The molecule has 0 aliphatic carbocycles. The van der Waals surface area contributed by atoms with Crippen LogP contribution in [0.1, 0.15) is 0 Å². The zero-order valence-corrected chi connectivity index (χ0v) is 4.61. The van der Waals surface area contributed by atoms with Gasteiger partial charge in [0.15, 0.2) is 0 Å². The third kappa shape index (κ3) is 5.46. The third-order valence-corrected chi connectivity index (χ3v) is 0.726. The molecule has 7 heavy (non-hydrogen) atoms. The summed E-state index contributed by atoms with van der Waals surface area (Å²) in [6.07, 6.45) is 0.794. The van der Waals surface area contributed by atoms with Crippen LogP contribution in [-0.4, -0.2) is 15.0 Å². The van der Waals surface area contributed by atoms with E-state index in [2.05, 4.69) is 4.66 Å². The number of hydrogen-bond acceptors (Lipinski definition) is 2. The summed E-state index contributed by atoms with van der Waals surface area (Å²) in [5.74, 6) is 0. The molecule has 0 heterocycles. The van der Waals surface area contributed by atoms with Gasteiger partial charge in [0, 0.05) is 6.55 Å². The molecule has 0 aliphatic rings. The molecule has 0 radical (unpaired) electrons. The standard InChI is InChI=1S/C2H3F2NOSi/c1-7(3,4)5-2-6/h1H3. The molecule has 0 aromatic rings. The summed E-state index contributed by atoms with van der Waals surface area (Å²) >= 11 is 0. The topological polar surface area (TPSA) is 29.4 Å². The Bertz CT molecular complexity index is 103. The molecule has 0 aliphatic heterocycles. The van der Waals surface area contributed by atoms with Gasteiger partial charge in [-0.15, -0.1) is 0 Å². The Hall–Kier alpha value is -0.543. The zero-order chi connectivity index (χ0) is 5.91. The van der Waals surface area contributed by atoms with E-state index in [1.807, 2.05) is 0 Å². The summed E-state index contributed by atoms with van der Waals surface area (Å²) in [7, 11) is -4.46. The van der Waals surface area contributed by atoms with Crippen molar-refractivity contribution in [1.82, 2.24) is 0 Å². The third-order valence-electron chi connectivity index (χ3n) is 0.242. The van der Waals surface area contributed by atoms with Gasteiger partial charge in [0.05, 0.1) is 0 Å². The smallest absolute Gasteiger partial charge is 0.245 e. The van der Waals surface area contributed by atoms with E-state index in [-0.39, 0.29) is 0 Å². The first kappa shape index (κ1) is 6.46. The van der Waals surface area contributed by atoms with E-state index in [9.17, 15) is 8.22 Å². The molecule has 0 bridgehead atoms. The molecule has 0 saturated heterocycles. The van der Waals surface area contributed by atoms with Crippen molar-refractivity contribution in [3.05, 3.63) is 0 Å². The van der Waals surface area contributed by atoms with Gasteiger partial charge in [0.25, 0.3) is 0 Å². The second-order valence-corrected chi connectivity index (χ2v) is 2.95. The maximum absolute atomic E-state index is 11.4. The molecule has 0 rings (SSSR count). The average Bonchev–Trinajstić information content (AvgIpc) is 1.30. The number of hydrogen-bond donors (Lipinski definition) is 0. The number of carbonyl (C=O) groups excluding carboxylic acids is 1. The number of nitrogens with zero attached hydrogens (tertiary/aromatic N) is 1. The van der Waals surface area contributed by atoms with Crippen molar-refractivity contribution in [2.75, 3.05) is 0 Å². The molecule has 40 valence electrons. The van der Waals surface area contributed by atoms with Gasteiger partial charge in [0.2, 0.25) is 6.08 Å². The summed E-state index contributed by atoms with van der Waals surface area (Å²) in [6.45, 7) is 0.651. The normalized spacial score (nSPS) is 10.1. The van der Waals surface area contributed by atoms with Gasteiger partial charge in [-0.2, -0.15) is 4.66 Å². The van der Waals surface area contributed by atoms with Crippen molar-refractivity contribution in [3.8, 4) is 0 Å². The van der Waals surface area contributed by atoms with Gasteiger partial charge in [-0.05, 0) is 0 Å². The first-order valence-corrected chi connectivity index (χ1v) is 3.73. The predicted octanol–water partition coefficient (Wildman–Crippen LogP) is 0.830. The quantitative estimate of drug-likeness (QED) is 0.220. The van der Waals surface area contributed by atoms with Crippen LogP contribution in [0.5, 0.6) is 0 Å². The van der Waals surface area contributed by atoms with Crippen LogP contribution in [0.25, 0.3) is 0 Å². The minimum Gasteiger partial charge on any atom is -0.245 e. The lowest BCUT2D eigenvalue weighted by Crippen LogP contribution is -2.11. The van der Waals surface area contributed by atoms with E-state index in [0.29, 0.717) is 6.55 Å². The van der Waals surface area contributed by atoms with Crippen molar-refractivity contribution in [2.45, 2.75) is 6.55 Å². The van der Waals surface area contributed by atoms with E-state index in [4.69, 9.17) is 4.79 Å². The fraction of sp³-hybridized carbons (Fsp3) is 0.500. The minimum atomic E-state index is -4.46. The number of halogens is 2. The molecule has 0 spiro atoms. The van der Waals surface area contributed by atoms with Gasteiger partial charge < -0.3 is 0 Å². The molecule has 0 aromatic carbocycles. The second kappa shape index (κ2) is 1.95. The first-order chi connectivity index (χ1) is 3.06. The van der Waals surface area contributed by atoms with Crippen LogP contribution in [-0.2, 0) is 4.79 Å². The maximum atomic E-state index is 11.4. The monoisotopic (exact) mass is 123 g/mol. The molecule has 0 atom stereocenters. The van der Waals surface area contributed by atoms with Gasteiger partial charge in [0.1, 0.15) is 0 Å². The highest BCUT2D eigenvalue weighted by Crippen LogP contribution is 2.03. The molecular weight excluding hydrogens is 120 g/mol. The Balaban J connectivity index is 3.80. The van der Waals surface area contributed by atoms with Gasteiger partial charge in [-0.25, -0.2) is 13.0 Å². The van der Waals surface area contributed by atoms with Crippen LogP contribution < -0.4 is 0 Å². The average molecular weight is 123 g/mol. The molecule has 0 fully saturated rings. The van der Waals surface area contributed by atoms with E-state index in [0.717, 1.165) is 6.08 Å². The van der Waals surface area contributed by atoms with Crippen LogP contribution in [0, 0.1) is 0 Å². The van der Waals surface area contributed by atoms with Crippen molar-refractivity contribution in [1.29, 1.82) is 0 Å². The highest BCUT2D eigenvalue weighted by atomic mass is 28.4. The van der Waals surface area contributed by atoms with Crippen molar-refractivity contribution in [3.63, 3.8) is 0 Å². The molecule has 0 saturated carbocycles. The van der Waals surface area contributed by atoms with Crippen molar-refractivity contribution < 1.29 is 13.0 Å². The SMILES string of the molecule is C[Si](F)(F)N=C=O. The fourth-order valence-electron chi connectivity index (χ4n) is 0.0801. The van der Waals surface area contributed by atoms with Crippen LogP contribution in [0.2, 0.25) is 6.55 Å². The molecule has 0 amide bonds. The van der Waals surface area contributed by atoms with Crippen LogP contribution in [0.15, 0.2) is 4.66 Å². The lowest BCUT2D eigenvalue weighted by molar-refractivity contribution is 0.560. The first-order valence-electron chi connectivity index (χ1n) is 1.53. The van der Waals surface area contributed by atoms with Crippen LogP contribution in [0.4, 0.5) is 8.22 Å². The van der Waals surface area contributed by atoms with E-state index >= 15 is 0 Å². The molecular formula is C2H3F2NOSi. The summed E-state index contributed by atoms with van der Waals surface area (Å²) in [6, 6.07) is 0. The predicted molar refractivity (Wildman–Crippen MR) is 22.0 cm³/mol. The lowest BCUT2D eigenvalue weighted by atomic mass is 11.7. The summed E-state index contributed by atoms with van der Waals surface area (Å²) < 4.78 is 25.1. The molecule has 0 unspecified atom stereocenters. The Morgan fingerprint density at radius 2 is 2.14 bits per heavy atom. The number of isocyanates is 1. The largest absolute Gasteiger partial charge is 0.561 e. The van der Waals surface area contributed by atoms with E-state index in [1.165, 1.54) is 0 Å². The van der Waals surface area contributed by atoms with Gasteiger partial charge in [-0.1, -0.05) is 0 Å². The minimum absolute atomic E-state index is 0.651. The Morgan fingerprint density at radius 1 is 1.71 bits per heavy atom. The van der Waals surface area contributed by atoms with Crippen LogP contribution >= 0.6 is 0 Å². The van der Waals surface area contributed by atoms with Crippen LogP contribution in [0.3, 0.4) is 0 Å². The van der Waals surface area contributed by atoms with Gasteiger partial charge >= 0.3 is 8.90 Å². The maximum Gasteiger partial charge on any atom is 0.561 e.